The third-order valence-electron chi connectivity index (χ3n) is 3.59. The van der Waals surface area contributed by atoms with Crippen LogP contribution < -0.4 is 5.32 Å². The van der Waals surface area contributed by atoms with E-state index in [0.29, 0.717) is 19.1 Å². The Hall–Kier alpha value is -1.39. The third-order valence-corrected chi connectivity index (χ3v) is 3.59. The molecular weight excluding hydrogens is 240 g/mol. The molecule has 0 spiro atoms. The summed E-state index contributed by atoms with van der Waals surface area (Å²) in [5, 5.41) is 11.9. The quantitative estimate of drug-likeness (QED) is 0.820. The summed E-state index contributed by atoms with van der Waals surface area (Å²) < 4.78 is 0. The number of benzene rings is 1. The Balaban J connectivity index is 1.90. The summed E-state index contributed by atoms with van der Waals surface area (Å²) in [5.41, 5.74) is 3.23. The normalized spacial score (nSPS) is 14.7. The van der Waals surface area contributed by atoms with Gasteiger partial charge in [-0.25, -0.2) is 0 Å². The highest BCUT2D eigenvalue weighted by molar-refractivity contribution is 5.92. The summed E-state index contributed by atoms with van der Waals surface area (Å²) in [7, 11) is 0. The van der Waals surface area contributed by atoms with Gasteiger partial charge in [-0.3, -0.25) is 9.69 Å². The zero-order valence-corrected chi connectivity index (χ0v) is 11.6. The first kappa shape index (κ1) is 14.0. The van der Waals surface area contributed by atoms with Crippen molar-refractivity contribution < 1.29 is 9.90 Å². The van der Waals surface area contributed by atoms with E-state index in [0.717, 1.165) is 18.5 Å². The fraction of sp³-hybridized carbons (Fsp3) is 0.533. The number of aliphatic hydroxyl groups excluding tert-OH is 1. The predicted octanol–water partition coefficient (Wildman–Crippen LogP) is 1.70. The summed E-state index contributed by atoms with van der Waals surface area (Å²) in [6, 6.07) is 6.41. The number of amides is 1. The fourth-order valence-electron chi connectivity index (χ4n) is 2.16. The topological polar surface area (TPSA) is 52.6 Å². The van der Waals surface area contributed by atoms with E-state index in [1.54, 1.807) is 0 Å². The van der Waals surface area contributed by atoms with Crippen LogP contribution in [0.3, 0.4) is 0 Å². The van der Waals surface area contributed by atoms with E-state index in [4.69, 9.17) is 5.11 Å². The number of carbonyl (C=O) groups excluding carboxylic acids is 1. The number of anilines is 1. The number of hydrogen-bond donors (Lipinski definition) is 2. The minimum absolute atomic E-state index is 0.0106. The van der Waals surface area contributed by atoms with Gasteiger partial charge in [0.25, 0.3) is 0 Å². The van der Waals surface area contributed by atoms with Gasteiger partial charge in [-0.1, -0.05) is 6.07 Å². The van der Waals surface area contributed by atoms with Crippen LogP contribution in [0.25, 0.3) is 0 Å². The molecule has 1 aliphatic rings. The minimum Gasteiger partial charge on any atom is -0.395 e. The minimum atomic E-state index is -0.0106. The molecule has 2 rings (SSSR count). The van der Waals surface area contributed by atoms with E-state index < -0.39 is 0 Å². The molecule has 4 heteroatoms. The maximum absolute atomic E-state index is 12.0. The van der Waals surface area contributed by atoms with Gasteiger partial charge < -0.3 is 10.4 Å². The van der Waals surface area contributed by atoms with E-state index in [2.05, 4.69) is 17.1 Å². The van der Waals surface area contributed by atoms with Gasteiger partial charge in [-0.2, -0.15) is 0 Å². The smallest absolute Gasteiger partial charge is 0.238 e. The monoisotopic (exact) mass is 262 g/mol. The molecule has 1 amide bonds. The van der Waals surface area contributed by atoms with Crippen LogP contribution in [0.5, 0.6) is 0 Å². The Bertz CT molecular complexity index is 455. The molecule has 1 aliphatic carbocycles. The van der Waals surface area contributed by atoms with Crippen molar-refractivity contribution in [2.45, 2.75) is 32.7 Å². The second kappa shape index (κ2) is 6.17. The van der Waals surface area contributed by atoms with E-state index in [1.165, 1.54) is 11.1 Å². The van der Waals surface area contributed by atoms with Gasteiger partial charge in [0.15, 0.2) is 0 Å². The fourth-order valence-corrected chi connectivity index (χ4v) is 2.16. The highest BCUT2D eigenvalue weighted by Gasteiger charge is 2.29. The third kappa shape index (κ3) is 4.04. The number of aliphatic hydroxyl groups is 1. The Morgan fingerprint density at radius 2 is 2.11 bits per heavy atom. The zero-order valence-electron chi connectivity index (χ0n) is 11.6. The van der Waals surface area contributed by atoms with Crippen LogP contribution in [0, 0.1) is 13.8 Å². The molecule has 4 nitrogen and oxygen atoms in total. The summed E-state index contributed by atoms with van der Waals surface area (Å²) >= 11 is 0. The van der Waals surface area contributed by atoms with Gasteiger partial charge >= 0.3 is 0 Å². The van der Waals surface area contributed by atoms with Gasteiger partial charge in [-0.05, 0) is 49.9 Å². The first-order chi connectivity index (χ1) is 9.10. The van der Waals surface area contributed by atoms with E-state index in [1.807, 2.05) is 25.1 Å². The SMILES string of the molecule is Cc1ccc(NC(=O)CN(CCO)C2CC2)cc1C. The number of hydrogen-bond acceptors (Lipinski definition) is 3. The molecule has 1 aromatic rings. The molecule has 0 atom stereocenters. The lowest BCUT2D eigenvalue weighted by Crippen LogP contribution is -2.36. The second-order valence-electron chi connectivity index (χ2n) is 5.27. The summed E-state index contributed by atoms with van der Waals surface area (Å²) in [6.45, 7) is 5.13. The molecule has 0 unspecified atom stereocenters. The number of aryl methyl sites for hydroxylation is 2. The highest BCUT2D eigenvalue weighted by atomic mass is 16.3. The Kier molecular flexibility index (Phi) is 4.56. The molecule has 1 fully saturated rings. The van der Waals surface area contributed by atoms with Gasteiger partial charge in [-0.15, -0.1) is 0 Å². The number of nitrogens with one attached hydrogen (secondary N) is 1. The summed E-state index contributed by atoms with van der Waals surface area (Å²) in [5.74, 6) is -0.0106. The van der Waals surface area contributed by atoms with Crippen molar-refractivity contribution in [3.8, 4) is 0 Å². The molecule has 0 heterocycles. The lowest BCUT2D eigenvalue weighted by Gasteiger charge is -2.20. The van der Waals surface area contributed by atoms with Crippen molar-refractivity contribution >= 4 is 11.6 Å². The second-order valence-corrected chi connectivity index (χ2v) is 5.27. The maximum Gasteiger partial charge on any atom is 0.238 e. The average Bonchev–Trinajstić information content (AvgIpc) is 3.17. The van der Waals surface area contributed by atoms with Crippen molar-refractivity contribution in [3.05, 3.63) is 29.3 Å². The van der Waals surface area contributed by atoms with Gasteiger partial charge in [0.2, 0.25) is 5.91 Å². The van der Waals surface area contributed by atoms with Gasteiger partial charge in [0.05, 0.1) is 13.2 Å². The Labute approximate surface area is 114 Å². The standard InChI is InChI=1S/C15H22N2O2/c1-11-3-4-13(9-12(11)2)16-15(19)10-17(7-8-18)14-5-6-14/h3-4,9,14,18H,5-8,10H2,1-2H3,(H,16,19). The molecule has 1 aromatic carbocycles. The Morgan fingerprint density at radius 3 is 2.68 bits per heavy atom. The van der Waals surface area contributed by atoms with Crippen molar-refractivity contribution in [2.24, 2.45) is 0 Å². The predicted molar refractivity (Wildman–Crippen MR) is 76.2 cm³/mol. The first-order valence-corrected chi connectivity index (χ1v) is 6.82. The van der Waals surface area contributed by atoms with Crippen molar-refractivity contribution in [2.75, 3.05) is 25.0 Å². The van der Waals surface area contributed by atoms with Crippen molar-refractivity contribution in [3.63, 3.8) is 0 Å². The zero-order chi connectivity index (χ0) is 13.8. The number of rotatable bonds is 6. The van der Waals surface area contributed by atoms with Crippen LogP contribution in [0.1, 0.15) is 24.0 Å². The van der Waals surface area contributed by atoms with Gasteiger partial charge in [0.1, 0.15) is 0 Å². The lowest BCUT2D eigenvalue weighted by atomic mass is 10.1. The van der Waals surface area contributed by atoms with Crippen molar-refractivity contribution in [1.82, 2.24) is 4.90 Å². The highest BCUT2D eigenvalue weighted by Crippen LogP contribution is 2.26. The van der Waals surface area contributed by atoms with E-state index >= 15 is 0 Å². The molecule has 2 N–H and O–H groups in total. The van der Waals surface area contributed by atoms with E-state index in [9.17, 15) is 4.79 Å². The molecule has 0 aliphatic heterocycles. The molecule has 0 aromatic heterocycles. The number of carbonyl (C=O) groups is 1. The lowest BCUT2D eigenvalue weighted by molar-refractivity contribution is -0.117. The molecule has 0 bridgehead atoms. The van der Waals surface area contributed by atoms with Crippen LogP contribution >= 0.6 is 0 Å². The molecule has 0 radical (unpaired) electrons. The van der Waals surface area contributed by atoms with Crippen molar-refractivity contribution in [1.29, 1.82) is 0 Å². The molecule has 1 saturated carbocycles. The summed E-state index contributed by atoms with van der Waals surface area (Å²) in [4.78, 5) is 14.0. The first-order valence-electron chi connectivity index (χ1n) is 6.82. The largest absolute Gasteiger partial charge is 0.395 e. The van der Waals surface area contributed by atoms with Crippen LogP contribution in [-0.4, -0.2) is 41.7 Å². The molecule has 0 saturated heterocycles. The molecule has 19 heavy (non-hydrogen) atoms. The summed E-state index contributed by atoms with van der Waals surface area (Å²) in [6.07, 6.45) is 2.27. The van der Waals surface area contributed by atoms with Crippen LogP contribution in [-0.2, 0) is 4.79 Å². The maximum atomic E-state index is 12.0. The van der Waals surface area contributed by atoms with E-state index in [-0.39, 0.29) is 12.5 Å². The molecular formula is C15H22N2O2. The Morgan fingerprint density at radius 1 is 1.37 bits per heavy atom. The van der Waals surface area contributed by atoms with Gasteiger partial charge in [0, 0.05) is 18.3 Å². The van der Waals surface area contributed by atoms with Crippen LogP contribution in [0.15, 0.2) is 18.2 Å². The van der Waals surface area contributed by atoms with Crippen LogP contribution in [0.2, 0.25) is 0 Å². The average molecular weight is 262 g/mol. The van der Waals surface area contributed by atoms with Crippen LogP contribution in [0.4, 0.5) is 5.69 Å². The molecule has 104 valence electrons. The number of nitrogens with zero attached hydrogens (tertiary/aromatic N) is 1.